The summed E-state index contributed by atoms with van der Waals surface area (Å²) >= 11 is 0. The molecule has 1 aliphatic rings. The van der Waals surface area contributed by atoms with E-state index in [2.05, 4.69) is 23.6 Å². The highest BCUT2D eigenvalue weighted by atomic mass is 19.1. The van der Waals surface area contributed by atoms with E-state index in [9.17, 15) is 13.9 Å². The lowest BCUT2D eigenvalue weighted by molar-refractivity contribution is 0.00533. The first-order chi connectivity index (χ1) is 17.8. The van der Waals surface area contributed by atoms with Crippen LogP contribution in [0.5, 0.6) is 11.6 Å². The van der Waals surface area contributed by atoms with E-state index in [4.69, 9.17) is 14.6 Å². The van der Waals surface area contributed by atoms with Crippen molar-refractivity contribution in [2.45, 2.75) is 33.4 Å². The van der Waals surface area contributed by atoms with Crippen LogP contribution in [0.2, 0.25) is 0 Å². The van der Waals surface area contributed by atoms with Crippen LogP contribution in [0.15, 0.2) is 48.5 Å². The molecule has 0 saturated carbocycles. The molecule has 200 valence electrons. The van der Waals surface area contributed by atoms with Gasteiger partial charge in [0.05, 0.1) is 36.3 Å². The number of halogens is 2. The maximum Gasteiger partial charge on any atom is 0.227 e. The average Bonchev–Trinajstić information content (AvgIpc) is 3.16. The molecule has 0 spiro atoms. The van der Waals surface area contributed by atoms with Crippen molar-refractivity contribution in [1.29, 1.82) is 0 Å². The third-order valence-corrected chi connectivity index (χ3v) is 6.29. The van der Waals surface area contributed by atoms with Crippen LogP contribution in [0.3, 0.4) is 0 Å². The van der Waals surface area contributed by atoms with Crippen molar-refractivity contribution in [3.05, 3.63) is 71.4 Å². The van der Waals surface area contributed by atoms with Gasteiger partial charge in [-0.25, -0.2) is 13.5 Å². The summed E-state index contributed by atoms with van der Waals surface area (Å²) in [6.45, 7) is 11.4. The van der Waals surface area contributed by atoms with Crippen molar-refractivity contribution in [2.24, 2.45) is 5.92 Å². The van der Waals surface area contributed by atoms with Crippen LogP contribution in [0.1, 0.15) is 25.1 Å². The smallest absolute Gasteiger partial charge is 0.227 e. The van der Waals surface area contributed by atoms with Crippen LogP contribution in [-0.2, 0) is 11.3 Å². The Morgan fingerprint density at radius 1 is 1.08 bits per heavy atom. The summed E-state index contributed by atoms with van der Waals surface area (Å²) in [5.41, 5.74) is 2.28. The molecule has 0 amide bonds. The fourth-order valence-electron chi connectivity index (χ4n) is 4.61. The van der Waals surface area contributed by atoms with Gasteiger partial charge in [-0.15, -0.1) is 0 Å². The van der Waals surface area contributed by atoms with Crippen molar-refractivity contribution in [1.82, 2.24) is 19.6 Å². The third-order valence-electron chi connectivity index (χ3n) is 6.29. The first kappa shape index (κ1) is 27.2. The largest absolute Gasteiger partial charge is 0.435 e. The Balaban J connectivity index is 1.63. The fraction of sp³-hybridized carbons (Fsp3) is 0.464. The van der Waals surface area contributed by atoms with Crippen molar-refractivity contribution >= 4 is 0 Å². The number of nitrogens with zero attached hydrogens (tertiary/aromatic N) is 4. The van der Waals surface area contributed by atoms with Gasteiger partial charge in [0.2, 0.25) is 5.88 Å². The highest BCUT2D eigenvalue weighted by Crippen LogP contribution is 2.33. The second-order valence-corrected chi connectivity index (χ2v) is 9.95. The molecule has 0 radical (unpaired) electrons. The predicted molar refractivity (Wildman–Crippen MR) is 138 cm³/mol. The zero-order valence-electron chi connectivity index (χ0n) is 21.7. The molecule has 7 nitrogen and oxygen atoms in total. The summed E-state index contributed by atoms with van der Waals surface area (Å²) in [7, 11) is 0. The zero-order chi connectivity index (χ0) is 26.4. The molecular formula is C28H36F2N4O3. The van der Waals surface area contributed by atoms with Crippen LogP contribution < -0.4 is 4.74 Å². The topological polar surface area (TPSA) is 63.0 Å². The molecule has 0 unspecified atom stereocenters. The van der Waals surface area contributed by atoms with Crippen molar-refractivity contribution < 1.29 is 23.4 Å². The minimum Gasteiger partial charge on any atom is -0.435 e. The SMILES string of the molecule is Cc1nn(-c2ccccc2)c(Oc2ccc(F)cc2F)c1CN(CC(C)C)C[C@@H](O)CN1CCOCC1. The summed E-state index contributed by atoms with van der Waals surface area (Å²) in [4.78, 5) is 4.40. The lowest BCUT2D eigenvalue weighted by Gasteiger charge is -2.31. The molecule has 1 aliphatic heterocycles. The van der Waals surface area contributed by atoms with Gasteiger partial charge in [-0.1, -0.05) is 32.0 Å². The van der Waals surface area contributed by atoms with Gasteiger partial charge in [0, 0.05) is 45.3 Å². The molecule has 1 N–H and O–H groups in total. The highest BCUT2D eigenvalue weighted by molar-refractivity contribution is 5.43. The fourth-order valence-corrected chi connectivity index (χ4v) is 4.61. The molecule has 2 aromatic carbocycles. The summed E-state index contributed by atoms with van der Waals surface area (Å²) in [5, 5.41) is 15.6. The number of β-amino-alcohol motifs (C(OH)–C–C–N with tert-alkyl or cyclic N) is 1. The molecule has 1 atom stereocenters. The number of hydrogen-bond acceptors (Lipinski definition) is 6. The number of rotatable bonds is 11. The normalized spacial score (nSPS) is 15.5. The molecule has 1 saturated heterocycles. The van der Waals surface area contributed by atoms with Gasteiger partial charge in [-0.2, -0.15) is 5.10 Å². The van der Waals surface area contributed by atoms with E-state index >= 15 is 0 Å². The van der Waals surface area contributed by atoms with E-state index in [1.54, 1.807) is 4.68 Å². The Morgan fingerprint density at radius 2 is 1.81 bits per heavy atom. The number of aliphatic hydroxyl groups excluding tert-OH is 1. The number of benzene rings is 2. The number of aromatic nitrogens is 2. The van der Waals surface area contributed by atoms with Gasteiger partial charge < -0.3 is 14.6 Å². The maximum absolute atomic E-state index is 14.6. The van der Waals surface area contributed by atoms with Gasteiger partial charge in [0.25, 0.3) is 0 Å². The Labute approximate surface area is 217 Å². The molecule has 4 rings (SSSR count). The number of hydrogen-bond donors (Lipinski definition) is 1. The first-order valence-electron chi connectivity index (χ1n) is 12.8. The highest BCUT2D eigenvalue weighted by Gasteiger charge is 2.25. The molecule has 0 bridgehead atoms. The van der Waals surface area contributed by atoms with Crippen molar-refractivity contribution in [3.8, 4) is 17.3 Å². The van der Waals surface area contributed by atoms with E-state index in [0.717, 1.165) is 42.6 Å². The molecule has 9 heteroatoms. The summed E-state index contributed by atoms with van der Waals surface area (Å²) in [6, 6.07) is 12.7. The van der Waals surface area contributed by atoms with E-state index < -0.39 is 17.7 Å². The molecule has 2 heterocycles. The third kappa shape index (κ3) is 7.35. The summed E-state index contributed by atoms with van der Waals surface area (Å²) < 4.78 is 41.3. The number of morpholine rings is 1. The summed E-state index contributed by atoms with van der Waals surface area (Å²) in [6.07, 6.45) is -0.541. The van der Waals surface area contributed by atoms with Crippen LogP contribution in [0.25, 0.3) is 5.69 Å². The van der Waals surface area contributed by atoms with E-state index in [0.29, 0.717) is 44.6 Å². The Morgan fingerprint density at radius 3 is 2.49 bits per heavy atom. The van der Waals surface area contributed by atoms with Crippen LogP contribution in [0, 0.1) is 24.5 Å². The number of aliphatic hydroxyl groups is 1. The molecule has 1 fully saturated rings. The van der Waals surface area contributed by atoms with Crippen LogP contribution in [0.4, 0.5) is 8.78 Å². The van der Waals surface area contributed by atoms with E-state index in [1.807, 2.05) is 37.3 Å². The second-order valence-electron chi connectivity index (χ2n) is 9.95. The monoisotopic (exact) mass is 514 g/mol. The van der Waals surface area contributed by atoms with E-state index in [-0.39, 0.29) is 5.75 Å². The minimum atomic E-state index is -0.788. The molecule has 1 aromatic heterocycles. The standard InChI is InChI=1S/C28H36F2N4O3/c1-20(2)16-33(18-24(35)17-32-11-13-36-14-12-32)19-25-21(3)31-34(23-7-5-4-6-8-23)28(25)37-27-10-9-22(29)15-26(27)30/h4-10,15,20,24,35H,11-14,16-19H2,1-3H3/t24-/m0/s1. The lowest BCUT2D eigenvalue weighted by atomic mass is 10.1. The van der Waals surface area contributed by atoms with Gasteiger partial charge in [-0.05, 0) is 37.1 Å². The van der Waals surface area contributed by atoms with E-state index in [1.165, 1.54) is 12.1 Å². The van der Waals surface area contributed by atoms with Crippen molar-refractivity contribution in [3.63, 3.8) is 0 Å². The van der Waals surface area contributed by atoms with Gasteiger partial charge in [0.15, 0.2) is 11.6 Å². The quantitative estimate of drug-likeness (QED) is 0.409. The number of ether oxygens (including phenoxy) is 2. The van der Waals surface area contributed by atoms with Gasteiger partial charge in [0.1, 0.15) is 5.82 Å². The maximum atomic E-state index is 14.6. The predicted octanol–water partition coefficient (Wildman–Crippen LogP) is 4.40. The minimum absolute atomic E-state index is 0.0810. The Hall–Kier alpha value is -2.85. The van der Waals surface area contributed by atoms with Gasteiger partial charge >= 0.3 is 0 Å². The van der Waals surface area contributed by atoms with Crippen LogP contribution >= 0.6 is 0 Å². The van der Waals surface area contributed by atoms with Crippen LogP contribution in [-0.4, -0.2) is 76.7 Å². The number of aryl methyl sites for hydroxylation is 1. The Kier molecular flexibility index (Phi) is 9.26. The molecule has 37 heavy (non-hydrogen) atoms. The first-order valence-corrected chi connectivity index (χ1v) is 12.8. The number of para-hydroxylation sites is 1. The molecular weight excluding hydrogens is 478 g/mol. The Bertz CT molecular complexity index is 1150. The zero-order valence-corrected chi connectivity index (χ0v) is 21.7. The van der Waals surface area contributed by atoms with Crippen molar-refractivity contribution in [2.75, 3.05) is 45.9 Å². The van der Waals surface area contributed by atoms with Gasteiger partial charge in [-0.3, -0.25) is 9.80 Å². The second kappa shape index (κ2) is 12.6. The lowest BCUT2D eigenvalue weighted by Crippen LogP contribution is -2.45. The average molecular weight is 515 g/mol. The molecule has 0 aliphatic carbocycles. The summed E-state index contributed by atoms with van der Waals surface area (Å²) in [5.74, 6) is -0.813. The molecule has 3 aromatic rings.